The van der Waals surface area contributed by atoms with Gasteiger partial charge in [0, 0.05) is 5.25 Å². The van der Waals surface area contributed by atoms with Crippen molar-refractivity contribution in [3.8, 4) is 0 Å². The Morgan fingerprint density at radius 2 is 2.37 bits per heavy atom. The van der Waals surface area contributed by atoms with Crippen molar-refractivity contribution in [1.82, 2.24) is 15.5 Å². The van der Waals surface area contributed by atoms with Gasteiger partial charge in [0.15, 0.2) is 4.34 Å². The molecular formula is C12H21N3O2S2. The van der Waals surface area contributed by atoms with Crippen molar-refractivity contribution >= 4 is 29.1 Å². The van der Waals surface area contributed by atoms with Crippen LogP contribution < -0.4 is 5.32 Å². The molecular weight excluding hydrogens is 282 g/mol. The Morgan fingerprint density at radius 3 is 2.89 bits per heavy atom. The minimum Gasteiger partial charge on any atom is -0.465 e. The molecule has 0 saturated carbocycles. The van der Waals surface area contributed by atoms with Crippen molar-refractivity contribution in [1.29, 1.82) is 0 Å². The molecule has 0 aromatic carbocycles. The molecule has 1 N–H and O–H groups in total. The normalized spacial score (nSPS) is 15.8. The highest BCUT2D eigenvalue weighted by atomic mass is 32.2. The summed E-state index contributed by atoms with van der Waals surface area (Å²) in [7, 11) is 0. The Labute approximate surface area is 122 Å². The summed E-state index contributed by atoms with van der Waals surface area (Å²) in [6, 6.07) is 0. The van der Waals surface area contributed by atoms with Gasteiger partial charge >= 0.3 is 5.97 Å². The van der Waals surface area contributed by atoms with Crippen LogP contribution in [0.3, 0.4) is 0 Å². The topological polar surface area (TPSA) is 64.1 Å². The summed E-state index contributed by atoms with van der Waals surface area (Å²) in [6.07, 6.45) is 0.684. The maximum atomic E-state index is 12.1. The third kappa shape index (κ3) is 5.08. The molecule has 0 aliphatic rings. The predicted octanol–water partition coefficient (Wildman–Crippen LogP) is 2.34. The van der Waals surface area contributed by atoms with E-state index in [1.807, 2.05) is 20.8 Å². The van der Waals surface area contributed by atoms with Crippen LogP contribution in [0.4, 0.5) is 0 Å². The molecule has 0 amide bonds. The molecule has 1 aromatic rings. The van der Waals surface area contributed by atoms with E-state index >= 15 is 0 Å². The van der Waals surface area contributed by atoms with E-state index in [9.17, 15) is 4.79 Å². The number of ether oxygens (including phenoxy) is 1. The lowest BCUT2D eigenvalue weighted by molar-refractivity contribution is -0.150. The van der Waals surface area contributed by atoms with E-state index in [0.29, 0.717) is 13.0 Å². The Balaban J connectivity index is 2.63. The first-order valence-corrected chi connectivity index (χ1v) is 8.12. The molecule has 0 bridgehead atoms. The number of nitrogens with one attached hydrogen (secondary N) is 1. The van der Waals surface area contributed by atoms with Gasteiger partial charge in [-0.2, -0.15) is 0 Å². The van der Waals surface area contributed by atoms with Gasteiger partial charge in [-0.3, -0.25) is 4.79 Å². The third-order valence-corrected chi connectivity index (χ3v) is 4.54. The lowest BCUT2D eigenvalue weighted by atomic mass is 9.96. The van der Waals surface area contributed by atoms with Crippen LogP contribution in [0.5, 0.6) is 0 Å². The molecule has 0 fully saturated rings. The molecule has 0 aliphatic carbocycles. The maximum Gasteiger partial charge on any atom is 0.326 e. The second-order valence-electron chi connectivity index (χ2n) is 4.42. The third-order valence-electron chi connectivity index (χ3n) is 2.63. The maximum absolute atomic E-state index is 12.1. The number of nitrogens with zero attached hydrogens (tertiary/aromatic N) is 2. The highest BCUT2D eigenvalue weighted by Crippen LogP contribution is 2.29. The number of esters is 1. The first kappa shape index (κ1) is 16.4. The molecule has 2 unspecified atom stereocenters. The van der Waals surface area contributed by atoms with Crippen molar-refractivity contribution in [2.75, 3.05) is 13.2 Å². The fraction of sp³-hybridized carbons (Fsp3) is 0.750. The fourth-order valence-electron chi connectivity index (χ4n) is 1.91. The van der Waals surface area contributed by atoms with Gasteiger partial charge in [-0.05, 0) is 26.8 Å². The summed E-state index contributed by atoms with van der Waals surface area (Å²) in [5.74, 6) is -0.193. The highest BCUT2D eigenvalue weighted by Gasteiger charge is 2.35. The average Bonchev–Trinajstić information content (AvgIpc) is 2.82. The van der Waals surface area contributed by atoms with Crippen LogP contribution in [-0.2, 0) is 9.53 Å². The Bertz CT molecular complexity index is 386. The largest absolute Gasteiger partial charge is 0.465 e. The van der Waals surface area contributed by atoms with E-state index < -0.39 is 5.54 Å². The van der Waals surface area contributed by atoms with E-state index in [4.69, 9.17) is 4.74 Å². The number of thioether (sulfide) groups is 1. The summed E-state index contributed by atoms with van der Waals surface area (Å²) in [6.45, 7) is 8.92. The van der Waals surface area contributed by atoms with Crippen molar-refractivity contribution in [2.24, 2.45) is 0 Å². The Kier molecular flexibility index (Phi) is 6.74. The molecule has 0 spiro atoms. The van der Waals surface area contributed by atoms with Gasteiger partial charge in [-0.25, -0.2) is 0 Å². The average molecular weight is 303 g/mol. The molecule has 2 atom stereocenters. The zero-order valence-corrected chi connectivity index (χ0v) is 13.4. The van der Waals surface area contributed by atoms with E-state index in [1.165, 1.54) is 11.3 Å². The predicted molar refractivity (Wildman–Crippen MR) is 78.6 cm³/mol. The quantitative estimate of drug-likeness (QED) is 0.587. The van der Waals surface area contributed by atoms with E-state index in [-0.39, 0.29) is 11.2 Å². The van der Waals surface area contributed by atoms with E-state index in [0.717, 1.165) is 10.9 Å². The van der Waals surface area contributed by atoms with Gasteiger partial charge in [-0.1, -0.05) is 36.9 Å². The summed E-state index contributed by atoms with van der Waals surface area (Å²) in [5, 5.41) is 11.3. The summed E-state index contributed by atoms with van der Waals surface area (Å²) < 4.78 is 6.09. The molecule has 0 saturated heterocycles. The Morgan fingerprint density at radius 1 is 1.63 bits per heavy atom. The number of rotatable bonds is 8. The molecule has 5 nitrogen and oxygen atoms in total. The second kappa shape index (κ2) is 7.81. The SMILES string of the molecule is CCNC(C)(CC(C)Sc1nncs1)C(=O)OCC. The molecule has 1 rings (SSSR count). The fourth-order valence-corrected chi connectivity index (χ4v) is 3.89. The van der Waals surface area contributed by atoms with Crippen LogP contribution in [0.15, 0.2) is 9.85 Å². The van der Waals surface area contributed by atoms with Crippen LogP contribution in [0.1, 0.15) is 34.1 Å². The second-order valence-corrected chi connectivity index (χ2v) is 6.94. The monoisotopic (exact) mass is 303 g/mol. The smallest absolute Gasteiger partial charge is 0.326 e. The molecule has 108 valence electrons. The van der Waals surface area contributed by atoms with Crippen LogP contribution in [0.25, 0.3) is 0 Å². The lowest BCUT2D eigenvalue weighted by Crippen LogP contribution is -2.51. The van der Waals surface area contributed by atoms with Crippen molar-refractivity contribution in [2.45, 2.75) is 49.2 Å². The van der Waals surface area contributed by atoms with Crippen LogP contribution in [-0.4, -0.2) is 40.1 Å². The molecule has 19 heavy (non-hydrogen) atoms. The zero-order chi connectivity index (χ0) is 14.3. The molecule has 0 radical (unpaired) electrons. The van der Waals surface area contributed by atoms with Gasteiger partial charge in [0.05, 0.1) is 6.61 Å². The first-order valence-electron chi connectivity index (χ1n) is 6.37. The Hall–Kier alpha value is -0.660. The standard InChI is InChI=1S/C12H21N3O2S2/c1-5-13-12(4,10(16)17-6-2)7-9(3)19-11-15-14-8-18-11/h8-9,13H,5-7H2,1-4H3. The zero-order valence-electron chi connectivity index (χ0n) is 11.8. The van der Waals surface area contributed by atoms with Crippen molar-refractivity contribution in [3.63, 3.8) is 0 Å². The van der Waals surface area contributed by atoms with Crippen molar-refractivity contribution in [3.05, 3.63) is 5.51 Å². The van der Waals surface area contributed by atoms with Crippen LogP contribution in [0, 0.1) is 0 Å². The summed E-state index contributed by atoms with van der Waals surface area (Å²) in [4.78, 5) is 12.1. The van der Waals surface area contributed by atoms with Crippen molar-refractivity contribution < 1.29 is 9.53 Å². The molecule has 7 heteroatoms. The first-order chi connectivity index (χ1) is 9.01. The highest BCUT2D eigenvalue weighted by molar-refractivity contribution is 8.01. The number of hydrogen-bond acceptors (Lipinski definition) is 7. The number of likely N-dealkylation sites (N-methyl/N-ethyl adjacent to an activating group) is 1. The van der Waals surface area contributed by atoms with Gasteiger partial charge in [-0.15, -0.1) is 10.2 Å². The van der Waals surface area contributed by atoms with E-state index in [1.54, 1.807) is 17.3 Å². The number of hydrogen-bond donors (Lipinski definition) is 1. The van der Waals surface area contributed by atoms with Gasteiger partial charge < -0.3 is 10.1 Å². The van der Waals surface area contributed by atoms with E-state index in [2.05, 4.69) is 22.4 Å². The van der Waals surface area contributed by atoms with Crippen LogP contribution >= 0.6 is 23.1 Å². The molecule has 1 heterocycles. The van der Waals surface area contributed by atoms with Gasteiger partial charge in [0.25, 0.3) is 0 Å². The summed E-state index contributed by atoms with van der Waals surface area (Å²) in [5.41, 5.74) is 1.06. The lowest BCUT2D eigenvalue weighted by Gasteiger charge is -2.30. The summed E-state index contributed by atoms with van der Waals surface area (Å²) >= 11 is 3.15. The molecule has 1 aromatic heterocycles. The van der Waals surface area contributed by atoms with Gasteiger partial charge in [0.1, 0.15) is 11.0 Å². The number of aromatic nitrogens is 2. The number of carbonyl (C=O) groups is 1. The van der Waals surface area contributed by atoms with Gasteiger partial charge in [0.2, 0.25) is 0 Å². The molecule has 0 aliphatic heterocycles. The number of carbonyl (C=O) groups excluding carboxylic acids is 1. The minimum absolute atomic E-state index is 0.193. The van der Waals surface area contributed by atoms with Crippen LogP contribution in [0.2, 0.25) is 0 Å². The minimum atomic E-state index is -0.651.